The van der Waals surface area contributed by atoms with E-state index in [1.807, 2.05) is 0 Å². The number of rotatable bonds is 7. The summed E-state index contributed by atoms with van der Waals surface area (Å²) in [5.41, 5.74) is -0.435. The molecular weight excluding hydrogens is 403 g/mol. The average Bonchev–Trinajstić information content (AvgIpc) is 3.21. The van der Waals surface area contributed by atoms with Gasteiger partial charge in [-0.05, 0) is 24.1 Å². The minimum absolute atomic E-state index is 0.00567. The topological polar surface area (TPSA) is 86.8 Å². The maximum atomic E-state index is 12.8. The third-order valence-corrected chi connectivity index (χ3v) is 5.23. The van der Waals surface area contributed by atoms with Crippen LogP contribution in [0.1, 0.15) is 36.8 Å². The van der Waals surface area contributed by atoms with Crippen LogP contribution in [-0.4, -0.2) is 53.1 Å². The van der Waals surface area contributed by atoms with Crippen molar-refractivity contribution in [1.29, 1.82) is 0 Å². The first kappa shape index (κ1) is 21.8. The summed E-state index contributed by atoms with van der Waals surface area (Å²) in [4.78, 5) is 50.1. The Morgan fingerprint density at radius 1 is 1.10 bits per heavy atom. The Kier molecular flexibility index (Phi) is 6.42. The fraction of sp³-hybridized carbons (Fsp3) is 0.500. The van der Waals surface area contributed by atoms with E-state index in [9.17, 15) is 32.3 Å². The number of nitrogens with zero attached hydrogens (tertiary/aromatic N) is 2. The van der Waals surface area contributed by atoms with Gasteiger partial charge in [-0.15, -0.1) is 0 Å². The number of hydrogen-bond donors (Lipinski definition) is 1. The number of nitrogens with one attached hydrogen (secondary N) is 1. The highest BCUT2D eigenvalue weighted by molar-refractivity contribution is 6.01. The number of benzene rings is 1. The van der Waals surface area contributed by atoms with E-state index >= 15 is 0 Å². The van der Waals surface area contributed by atoms with Crippen molar-refractivity contribution in [3.05, 3.63) is 35.4 Å². The van der Waals surface area contributed by atoms with E-state index in [1.165, 1.54) is 21.9 Å². The molecule has 0 saturated carbocycles. The largest absolute Gasteiger partial charge is 0.416 e. The van der Waals surface area contributed by atoms with Gasteiger partial charge in [-0.1, -0.05) is 12.1 Å². The first-order valence-corrected chi connectivity index (χ1v) is 9.70. The van der Waals surface area contributed by atoms with Crippen LogP contribution in [0.2, 0.25) is 0 Å². The lowest BCUT2D eigenvalue weighted by molar-refractivity contribution is -0.139. The summed E-state index contributed by atoms with van der Waals surface area (Å²) >= 11 is 0. The van der Waals surface area contributed by atoms with E-state index in [-0.39, 0.29) is 69.1 Å². The summed E-state index contributed by atoms with van der Waals surface area (Å²) in [5.74, 6) is -1.62. The van der Waals surface area contributed by atoms with E-state index < -0.39 is 17.7 Å². The Labute approximate surface area is 171 Å². The molecule has 162 valence electrons. The van der Waals surface area contributed by atoms with Crippen molar-refractivity contribution in [2.24, 2.45) is 5.92 Å². The zero-order valence-electron chi connectivity index (χ0n) is 16.2. The van der Waals surface area contributed by atoms with E-state index in [0.717, 1.165) is 12.1 Å². The Balaban J connectivity index is 1.46. The summed E-state index contributed by atoms with van der Waals surface area (Å²) in [7, 11) is 0. The van der Waals surface area contributed by atoms with Gasteiger partial charge >= 0.3 is 6.18 Å². The lowest BCUT2D eigenvalue weighted by Gasteiger charge is -2.18. The second kappa shape index (κ2) is 8.85. The molecule has 0 bridgehead atoms. The summed E-state index contributed by atoms with van der Waals surface area (Å²) in [5, 5.41) is 2.70. The normalized spacial score (nSPS) is 19.7. The van der Waals surface area contributed by atoms with Gasteiger partial charge in [0, 0.05) is 45.4 Å². The van der Waals surface area contributed by atoms with Crippen molar-refractivity contribution in [1.82, 2.24) is 15.1 Å². The zero-order chi connectivity index (χ0) is 21.9. The molecule has 1 atom stereocenters. The summed E-state index contributed by atoms with van der Waals surface area (Å²) in [6, 6.07) is 4.77. The van der Waals surface area contributed by atoms with Crippen LogP contribution in [0.5, 0.6) is 0 Å². The van der Waals surface area contributed by atoms with Crippen molar-refractivity contribution >= 4 is 23.6 Å². The fourth-order valence-electron chi connectivity index (χ4n) is 3.63. The molecule has 1 N–H and O–H groups in total. The molecule has 1 aromatic carbocycles. The fourth-order valence-corrected chi connectivity index (χ4v) is 3.63. The zero-order valence-corrected chi connectivity index (χ0v) is 16.2. The van der Waals surface area contributed by atoms with Crippen LogP contribution in [0.15, 0.2) is 24.3 Å². The number of hydrogen-bond acceptors (Lipinski definition) is 4. The maximum absolute atomic E-state index is 12.8. The number of carbonyl (C=O) groups excluding carboxylic acids is 4. The molecular formula is C20H22F3N3O4. The SMILES string of the molecule is O=C(NCCCN1C(=O)CCC1=O)C1CC(=O)N(Cc2cccc(C(F)(F)F)c2)C1. The predicted octanol–water partition coefficient (Wildman–Crippen LogP) is 1.71. The summed E-state index contributed by atoms with van der Waals surface area (Å²) in [6.07, 6.45) is -3.61. The third-order valence-electron chi connectivity index (χ3n) is 5.23. The molecule has 2 aliphatic heterocycles. The Morgan fingerprint density at radius 3 is 2.47 bits per heavy atom. The molecule has 2 aliphatic rings. The van der Waals surface area contributed by atoms with Crippen molar-refractivity contribution in [2.45, 2.75) is 38.4 Å². The van der Waals surface area contributed by atoms with Gasteiger partial charge in [-0.3, -0.25) is 24.1 Å². The molecule has 0 aromatic heterocycles. The van der Waals surface area contributed by atoms with Crippen LogP contribution in [0.3, 0.4) is 0 Å². The van der Waals surface area contributed by atoms with Gasteiger partial charge in [-0.25, -0.2) is 0 Å². The first-order chi connectivity index (χ1) is 14.1. The molecule has 2 saturated heterocycles. The minimum Gasteiger partial charge on any atom is -0.356 e. The van der Waals surface area contributed by atoms with E-state index in [0.29, 0.717) is 12.0 Å². The Morgan fingerprint density at radius 2 is 1.80 bits per heavy atom. The molecule has 0 aliphatic carbocycles. The molecule has 4 amide bonds. The number of halogens is 3. The van der Waals surface area contributed by atoms with E-state index in [4.69, 9.17) is 0 Å². The molecule has 1 aromatic rings. The van der Waals surface area contributed by atoms with Crippen LogP contribution in [0.25, 0.3) is 0 Å². The van der Waals surface area contributed by atoms with Gasteiger partial charge in [0.2, 0.25) is 23.6 Å². The highest BCUT2D eigenvalue weighted by atomic mass is 19.4. The van der Waals surface area contributed by atoms with Gasteiger partial charge in [-0.2, -0.15) is 13.2 Å². The van der Waals surface area contributed by atoms with Crippen molar-refractivity contribution < 1.29 is 32.3 Å². The molecule has 2 heterocycles. The molecule has 10 heteroatoms. The maximum Gasteiger partial charge on any atom is 0.416 e. The van der Waals surface area contributed by atoms with Crippen LogP contribution in [0.4, 0.5) is 13.2 Å². The lowest BCUT2D eigenvalue weighted by Crippen LogP contribution is -2.36. The standard InChI is InChI=1S/C20H22F3N3O4/c21-20(22,23)15-4-1-3-13(9-15)11-25-12-14(10-18(25)29)19(30)24-7-2-8-26-16(27)5-6-17(26)28/h1,3-4,9,14H,2,5-8,10-12H2,(H,24,30). The van der Waals surface area contributed by atoms with Crippen molar-refractivity contribution in [2.75, 3.05) is 19.6 Å². The van der Waals surface area contributed by atoms with Gasteiger partial charge in [0.15, 0.2) is 0 Å². The van der Waals surface area contributed by atoms with Crippen molar-refractivity contribution in [3.63, 3.8) is 0 Å². The van der Waals surface area contributed by atoms with E-state index in [1.54, 1.807) is 0 Å². The number of likely N-dealkylation sites (tertiary alicyclic amines) is 2. The highest BCUT2D eigenvalue weighted by Gasteiger charge is 2.35. The van der Waals surface area contributed by atoms with Crippen LogP contribution < -0.4 is 5.32 Å². The Bertz CT molecular complexity index is 840. The van der Waals surface area contributed by atoms with Gasteiger partial charge in [0.05, 0.1) is 11.5 Å². The molecule has 0 spiro atoms. The minimum atomic E-state index is -4.46. The van der Waals surface area contributed by atoms with Gasteiger partial charge in [0.25, 0.3) is 0 Å². The van der Waals surface area contributed by atoms with Gasteiger partial charge < -0.3 is 10.2 Å². The summed E-state index contributed by atoms with van der Waals surface area (Å²) < 4.78 is 38.5. The first-order valence-electron chi connectivity index (χ1n) is 9.70. The predicted molar refractivity (Wildman–Crippen MR) is 98.5 cm³/mol. The molecule has 30 heavy (non-hydrogen) atoms. The number of carbonyl (C=O) groups is 4. The van der Waals surface area contributed by atoms with E-state index in [2.05, 4.69) is 5.32 Å². The molecule has 0 radical (unpaired) electrons. The van der Waals surface area contributed by atoms with Crippen LogP contribution in [0, 0.1) is 5.92 Å². The quantitative estimate of drug-likeness (QED) is 0.532. The smallest absolute Gasteiger partial charge is 0.356 e. The number of amides is 4. The number of alkyl halides is 3. The third kappa shape index (κ3) is 5.17. The van der Waals surface area contributed by atoms with Crippen molar-refractivity contribution in [3.8, 4) is 0 Å². The van der Waals surface area contributed by atoms with Gasteiger partial charge in [0.1, 0.15) is 0 Å². The monoisotopic (exact) mass is 425 g/mol. The molecule has 3 rings (SSSR count). The number of imide groups is 1. The molecule has 1 unspecified atom stereocenters. The average molecular weight is 425 g/mol. The second-order valence-corrected chi connectivity index (χ2v) is 7.46. The summed E-state index contributed by atoms with van der Waals surface area (Å²) in [6.45, 7) is 0.632. The lowest BCUT2D eigenvalue weighted by atomic mass is 10.1. The second-order valence-electron chi connectivity index (χ2n) is 7.46. The highest BCUT2D eigenvalue weighted by Crippen LogP contribution is 2.30. The molecule has 7 nitrogen and oxygen atoms in total. The van der Waals surface area contributed by atoms with Crippen LogP contribution >= 0.6 is 0 Å². The van der Waals surface area contributed by atoms with Crippen LogP contribution in [-0.2, 0) is 31.9 Å². The Hall–Kier alpha value is -2.91. The molecule has 2 fully saturated rings.